The van der Waals surface area contributed by atoms with Crippen molar-refractivity contribution in [2.75, 3.05) is 0 Å². The first kappa shape index (κ1) is 20.1. The van der Waals surface area contributed by atoms with E-state index in [-0.39, 0.29) is 5.92 Å². The van der Waals surface area contributed by atoms with Crippen LogP contribution in [0, 0.1) is 23.2 Å². The van der Waals surface area contributed by atoms with Gasteiger partial charge in [0, 0.05) is 5.92 Å². The van der Waals surface area contributed by atoms with Crippen molar-refractivity contribution in [3.8, 4) is 0 Å². The fourth-order valence-electron chi connectivity index (χ4n) is 4.03. The van der Waals surface area contributed by atoms with Crippen molar-refractivity contribution < 1.29 is 30.0 Å². The summed E-state index contributed by atoms with van der Waals surface area (Å²) in [5, 5.41) is 40.9. The molecule has 0 aromatic heterocycles. The van der Waals surface area contributed by atoms with Gasteiger partial charge in [0.25, 0.3) is 0 Å². The van der Waals surface area contributed by atoms with Crippen molar-refractivity contribution in [3.05, 3.63) is 24.3 Å². The summed E-state index contributed by atoms with van der Waals surface area (Å²) in [6.07, 6.45) is 4.70. The fraction of sp³-hybridized carbons (Fsp3) is 0.737. The van der Waals surface area contributed by atoms with Crippen LogP contribution in [0.2, 0.25) is 0 Å². The number of rotatable bonds is 6. The highest BCUT2D eigenvalue weighted by molar-refractivity contribution is 5.79. The fourth-order valence-corrected chi connectivity index (χ4v) is 4.03. The van der Waals surface area contributed by atoms with E-state index in [9.17, 15) is 25.2 Å². The summed E-state index contributed by atoms with van der Waals surface area (Å²) in [5.41, 5.74) is -1.83. The first-order valence-electron chi connectivity index (χ1n) is 8.93. The zero-order valence-corrected chi connectivity index (χ0v) is 15.3. The van der Waals surface area contributed by atoms with Gasteiger partial charge < -0.3 is 25.2 Å². The summed E-state index contributed by atoms with van der Waals surface area (Å²) in [5.74, 6) is -3.22. The zero-order valence-electron chi connectivity index (χ0n) is 15.3. The Hall–Kier alpha value is -1.21. The zero-order chi connectivity index (χ0) is 19.0. The Morgan fingerprint density at radius 3 is 2.52 bits per heavy atom. The van der Waals surface area contributed by atoms with E-state index in [4.69, 9.17) is 4.74 Å². The van der Waals surface area contributed by atoms with Gasteiger partial charge in [0.05, 0.1) is 6.10 Å². The number of hydrogen-bond donors (Lipinski definition) is 4. The minimum Gasteiger partial charge on any atom is -0.481 e. The van der Waals surface area contributed by atoms with E-state index in [0.29, 0.717) is 5.92 Å². The lowest BCUT2D eigenvalue weighted by molar-refractivity contribution is -0.221. The van der Waals surface area contributed by atoms with Crippen LogP contribution < -0.4 is 0 Å². The lowest BCUT2D eigenvalue weighted by atomic mass is 9.63. The van der Waals surface area contributed by atoms with Gasteiger partial charge in [-0.3, -0.25) is 4.79 Å². The molecule has 3 unspecified atom stereocenters. The molecule has 0 spiro atoms. The number of aliphatic hydroxyl groups is 3. The molecule has 0 aromatic rings. The number of fused-ring (bicyclic) bond motifs is 1. The smallest absolute Gasteiger partial charge is 0.316 e. The van der Waals surface area contributed by atoms with Crippen molar-refractivity contribution in [2.45, 2.75) is 64.6 Å². The Bertz CT molecular complexity index is 554. The van der Waals surface area contributed by atoms with Gasteiger partial charge in [-0.2, -0.15) is 0 Å². The van der Waals surface area contributed by atoms with Gasteiger partial charge in [0.2, 0.25) is 0 Å². The number of allylic oxidation sites excluding steroid dienone is 3. The number of carboxylic acid groups (broad SMARTS) is 1. The van der Waals surface area contributed by atoms with E-state index >= 15 is 0 Å². The molecule has 8 atom stereocenters. The van der Waals surface area contributed by atoms with E-state index < -0.39 is 41.4 Å². The maximum Gasteiger partial charge on any atom is 0.316 e. The third-order valence-corrected chi connectivity index (χ3v) is 5.66. The Morgan fingerprint density at radius 2 is 1.96 bits per heavy atom. The van der Waals surface area contributed by atoms with Crippen LogP contribution in [0.25, 0.3) is 0 Å². The summed E-state index contributed by atoms with van der Waals surface area (Å²) < 4.78 is 5.35. The largest absolute Gasteiger partial charge is 0.481 e. The molecule has 6 heteroatoms. The van der Waals surface area contributed by atoms with E-state index in [1.54, 1.807) is 12.2 Å². The second-order valence-electron chi connectivity index (χ2n) is 7.75. The quantitative estimate of drug-likeness (QED) is 0.541. The molecule has 1 aliphatic carbocycles. The second kappa shape index (κ2) is 7.19. The molecule has 0 amide bonds. The highest BCUT2D eigenvalue weighted by Gasteiger charge is 2.70. The molecule has 0 saturated carbocycles. The minimum absolute atomic E-state index is 0.250. The van der Waals surface area contributed by atoms with Gasteiger partial charge in [0.1, 0.15) is 17.6 Å². The monoisotopic (exact) mass is 354 g/mol. The van der Waals surface area contributed by atoms with Gasteiger partial charge in [-0.15, -0.1) is 0 Å². The normalized spacial score (nSPS) is 43.2. The molecule has 0 bridgehead atoms. The van der Waals surface area contributed by atoms with E-state index in [2.05, 4.69) is 20.8 Å². The molecule has 2 rings (SSSR count). The van der Waals surface area contributed by atoms with Crippen LogP contribution in [-0.4, -0.2) is 50.5 Å². The van der Waals surface area contributed by atoms with Crippen molar-refractivity contribution >= 4 is 5.97 Å². The topological polar surface area (TPSA) is 107 Å². The average Bonchev–Trinajstić information content (AvgIpc) is 2.76. The molecule has 6 nitrogen and oxygen atoms in total. The molecular weight excluding hydrogens is 324 g/mol. The molecule has 0 radical (unpaired) electrons. The number of aliphatic carboxylic acids is 1. The molecule has 4 N–H and O–H groups in total. The SMILES string of the molecule is CC[C@@H](C)C[C@@H](C)/C=C/[C@@H]1C=C[C@@H](O)C2OC(C)(O)C(O)[C@]21C(=O)O. The van der Waals surface area contributed by atoms with Gasteiger partial charge in [-0.1, -0.05) is 51.5 Å². The Balaban J connectivity index is 2.36. The van der Waals surface area contributed by atoms with Crippen LogP contribution >= 0.6 is 0 Å². The third kappa shape index (κ3) is 3.40. The number of carbonyl (C=O) groups is 1. The minimum atomic E-state index is -2.04. The predicted molar refractivity (Wildman–Crippen MR) is 92.6 cm³/mol. The summed E-state index contributed by atoms with van der Waals surface area (Å²) >= 11 is 0. The van der Waals surface area contributed by atoms with Crippen LogP contribution in [0.3, 0.4) is 0 Å². The van der Waals surface area contributed by atoms with Crippen molar-refractivity contribution in [1.29, 1.82) is 0 Å². The summed E-state index contributed by atoms with van der Waals surface area (Å²) in [4.78, 5) is 12.2. The van der Waals surface area contributed by atoms with Gasteiger partial charge in [-0.25, -0.2) is 0 Å². The molecule has 1 fully saturated rings. The summed E-state index contributed by atoms with van der Waals surface area (Å²) in [7, 11) is 0. The van der Waals surface area contributed by atoms with Crippen LogP contribution in [0.1, 0.15) is 40.5 Å². The predicted octanol–water partition coefficient (Wildman–Crippen LogP) is 1.70. The van der Waals surface area contributed by atoms with Crippen LogP contribution in [0.5, 0.6) is 0 Å². The van der Waals surface area contributed by atoms with Crippen LogP contribution in [-0.2, 0) is 9.53 Å². The average molecular weight is 354 g/mol. The Morgan fingerprint density at radius 1 is 1.32 bits per heavy atom. The van der Waals surface area contributed by atoms with Crippen LogP contribution in [0.4, 0.5) is 0 Å². The Kier molecular flexibility index (Phi) is 5.78. The third-order valence-electron chi connectivity index (χ3n) is 5.66. The van der Waals surface area contributed by atoms with E-state index in [0.717, 1.165) is 12.8 Å². The Labute approximate surface area is 148 Å². The van der Waals surface area contributed by atoms with Gasteiger partial charge in [-0.05, 0) is 25.2 Å². The molecular formula is C19H30O6. The van der Waals surface area contributed by atoms with Gasteiger partial charge in [0.15, 0.2) is 5.79 Å². The molecule has 0 aromatic carbocycles. The molecule has 1 aliphatic heterocycles. The summed E-state index contributed by atoms with van der Waals surface area (Å²) in [6.45, 7) is 7.58. The van der Waals surface area contributed by atoms with Crippen LogP contribution in [0.15, 0.2) is 24.3 Å². The molecule has 25 heavy (non-hydrogen) atoms. The number of hydrogen-bond acceptors (Lipinski definition) is 5. The van der Waals surface area contributed by atoms with Crippen molar-refractivity contribution in [1.82, 2.24) is 0 Å². The lowest BCUT2D eigenvalue weighted by Gasteiger charge is -2.40. The summed E-state index contributed by atoms with van der Waals surface area (Å²) in [6, 6.07) is 0. The number of aliphatic hydroxyl groups excluding tert-OH is 2. The van der Waals surface area contributed by atoms with E-state index in [1.807, 2.05) is 6.08 Å². The van der Waals surface area contributed by atoms with Crippen molar-refractivity contribution in [2.24, 2.45) is 23.2 Å². The highest BCUT2D eigenvalue weighted by Crippen LogP contribution is 2.53. The van der Waals surface area contributed by atoms with Gasteiger partial charge >= 0.3 is 5.97 Å². The lowest BCUT2D eigenvalue weighted by Crippen LogP contribution is -2.57. The maximum absolute atomic E-state index is 12.2. The van der Waals surface area contributed by atoms with Crippen molar-refractivity contribution in [3.63, 3.8) is 0 Å². The molecule has 142 valence electrons. The highest BCUT2D eigenvalue weighted by atomic mass is 16.7. The number of ether oxygens (including phenoxy) is 1. The second-order valence-corrected chi connectivity index (χ2v) is 7.75. The standard InChI is InChI=1S/C19H30O6/c1-5-11(2)10-12(3)6-7-13-8-9-14(20)15-19(13,17(22)23)16(21)18(4,24)25-15/h6-9,11-16,20-21,24H,5,10H2,1-4H3,(H,22,23)/b7-6+/t11-,12+,13-,14-,15?,16?,18?,19-/m1/s1. The number of carboxylic acids is 1. The molecule has 1 heterocycles. The van der Waals surface area contributed by atoms with E-state index in [1.165, 1.54) is 13.0 Å². The molecule has 1 saturated heterocycles. The first-order chi connectivity index (χ1) is 11.6. The maximum atomic E-state index is 12.2. The first-order valence-corrected chi connectivity index (χ1v) is 8.93. The molecule has 2 aliphatic rings.